The van der Waals surface area contributed by atoms with Gasteiger partial charge in [-0.25, -0.2) is 4.98 Å². The molecule has 3 aromatic rings. The fourth-order valence-corrected chi connectivity index (χ4v) is 4.69. The maximum Gasteiger partial charge on any atom is 0.239 e. The molecule has 1 saturated heterocycles. The van der Waals surface area contributed by atoms with Gasteiger partial charge in [-0.2, -0.15) is 0 Å². The molecular weight excluding hydrogens is 456 g/mol. The lowest BCUT2D eigenvalue weighted by atomic mass is 10.1. The molecule has 2 N–H and O–H groups in total. The Labute approximate surface area is 179 Å². The molecule has 0 spiro atoms. The average molecular weight is 473 g/mol. The highest BCUT2D eigenvalue weighted by atomic mass is 79.9. The lowest BCUT2D eigenvalue weighted by Crippen LogP contribution is -2.33. The molecule has 2 aromatic carbocycles. The zero-order valence-corrected chi connectivity index (χ0v) is 17.8. The molecule has 0 bridgehead atoms. The summed E-state index contributed by atoms with van der Waals surface area (Å²) >= 11 is 4.76. The van der Waals surface area contributed by atoms with E-state index in [2.05, 4.69) is 31.5 Å². The van der Waals surface area contributed by atoms with E-state index in [1.54, 1.807) is 23.1 Å². The molecule has 148 valence electrons. The van der Waals surface area contributed by atoms with E-state index in [-0.39, 0.29) is 17.7 Å². The van der Waals surface area contributed by atoms with Gasteiger partial charge in [0.25, 0.3) is 0 Å². The Kier molecular flexibility index (Phi) is 5.33. The molecule has 1 fully saturated rings. The number of aromatic nitrogens is 1. The molecular formula is C20H17BrN4O3S. The van der Waals surface area contributed by atoms with Crippen molar-refractivity contribution in [1.29, 1.82) is 0 Å². The summed E-state index contributed by atoms with van der Waals surface area (Å²) in [7, 11) is 0. The van der Waals surface area contributed by atoms with Gasteiger partial charge in [0.15, 0.2) is 5.13 Å². The van der Waals surface area contributed by atoms with Crippen LogP contribution in [-0.2, 0) is 14.4 Å². The minimum Gasteiger partial charge on any atom is -0.326 e. The lowest BCUT2D eigenvalue weighted by molar-refractivity contribution is -0.129. The monoisotopic (exact) mass is 472 g/mol. The molecule has 7 nitrogen and oxygen atoms in total. The van der Waals surface area contributed by atoms with Crippen LogP contribution in [0.2, 0.25) is 0 Å². The standard InChI is InChI=1S/C20H17BrN4O3S/c1-11(26)22-12-6-7-15-17(10-12)29-20(23-15)24-18(27)13-8-9-25(19(13)28)16-5-3-2-4-14(16)21/h2-7,10,13H,8-9H2,1H3,(H,22,26)(H,23,24,27). The number of nitrogens with one attached hydrogen (secondary N) is 2. The molecule has 29 heavy (non-hydrogen) atoms. The Morgan fingerprint density at radius 3 is 2.76 bits per heavy atom. The number of carbonyl (C=O) groups is 3. The molecule has 4 rings (SSSR count). The summed E-state index contributed by atoms with van der Waals surface area (Å²) in [6.45, 7) is 1.93. The predicted octanol–water partition coefficient (Wildman–Crippen LogP) is 4.01. The summed E-state index contributed by atoms with van der Waals surface area (Å²) in [5.41, 5.74) is 2.15. The Morgan fingerprint density at radius 2 is 2.00 bits per heavy atom. The van der Waals surface area contributed by atoms with Crippen LogP contribution >= 0.6 is 27.3 Å². The zero-order valence-electron chi connectivity index (χ0n) is 15.4. The number of amides is 3. The van der Waals surface area contributed by atoms with Crippen LogP contribution in [0.4, 0.5) is 16.5 Å². The summed E-state index contributed by atoms with van der Waals surface area (Å²) in [6.07, 6.45) is 0.448. The lowest BCUT2D eigenvalue weighted by Gasteiger charge is -2.18. The maximum atomic E-state index is 12.8. The normalized spacial score (nSPS) is 16.3. The molecule has 0 saturated carbocycles. The van der Waals surface area contributed by atoms with Gasteiger partial charge in [0, 0.05) is 23.6 Å². The number of fused-ring (bicyclic) bond motifs is 1. The second-order valence-corrected chi connectivity index (χ2v) is 8.54. The number of hydrogen-bond acceptors (Lipinski definition) is 5. The summed E-state index contributed by atoms with van der Waals surface area (Å²) in [4.78, 5) is 42.8. The van der Waals surface area contributed by atoms with E-state index in [1.807, 2.05) is 24.3 Å². The molecule has 1 unspecified atom stereocenters. The number of hydrogen-bond donors (Lipinski definition) is 2. The molecule has 0 radical (unpaired) electrons. The highest BCUT2D eigenvalue weighted by molar-refractivity contribution is 9.10. The topological polar surface area (TPSA) is 91.4 Å². The van der Waals surface area contributed by atoms with Gasteiger partial charge in [-0.05, 0) is 52.7 Å². The van der Waals surface area contributed by atoms with Crippen LogP contribution in [0, 0.1) is 5.92 Å². The Hall–Kier alpha value is -2.78. The second kappa shape index (κ2) is 7.92. The number of anilines is 3. The summed E-state index contributed by atoms with van der Waals surface area (Å²) < 4.78 is 1.65. The Bertz CT molecular complexity index is 1130. The maximum absolute atomic E-state index is 12.8. The van der Waals surface area contributed by atoms with Crippen molar-refractivity contribution in [2.24, 2.45) is 5.92 Å². The van der Waals surface area contributed by atoms with Crippen molar-refractivity contribution in [2.45, 2.75) is 13.3 Å². The van der Waals surface area contributed by atoms with Crippen LogP contribution in [0.25, 0.3) is 10.2 Å². The molecule has 2 heterocycles. The highest BCUT2D eigenvalue weighted by Crippen LogP contribution is 2.33. The second-order valence-electron chi connectivity index (χ2n) is 6.65. The van der Waals surface area contributed by atoms with Crippen LogP contribution in [0.5, 0.6) is 0 Å². The van der Waals surface area contributed by atoms with Gasteiger partial charge in [0.2, 0.25) is 17.7 Å². The number of carbonyl (C=O) groups excluding carboxylic acids is 3. The van der Waals surface area contributed by atoms with E-state index in [9.17, 15) is 14.4 Å². The highest BCUT2D eigenvalue weighted by Gasteiger charge is 2.38. The molecule has 0 aliphatic carbocycles. The van der Waals surface area contributed by atoms with Crippen molar-refractivity contribution in [3.63, 3.8) is 0 Å². The van der Waals surface area contributed by atoms with Crippen molar-refractivity contribution in [3.8, 4) is 0 Å². The van der Waals surface area contributed by atoms with Crippen molar-refractivity contribution in [3.05, 3.63) is 46.9 Å². The summed E-state index contributed by atoms with van der Waals surface area (Å²) in [5, 5.41) is 5.92. The van der Waals surface area contributed by atoms with E-state index in [1.165, 1.54) is 18.3 Å². The minimum atomic E-state index is -0.746. The van der Waals surface area contributed by atoms with E-state index in [0.717, 1.165) is 14.9 Å². The third-order valence-corrected chi connectivity index (χ3v) is 6.21. The smallest absolute Gasteiger partial charge is 0.239 e. The third kappa shape index (κ3) is 4.01. The van der Waals surface area contributed by atoms with Gasteiger partial charge >= 0.3 is 0 Å². The van der Waals surface area contributed by atoms with Crippen LogP contribution in [0.1, 0.15) is 13.3 Å². The SMILES string of the molecule is CC(=O)Nc1ccc2nc(NC(=O)C3CCN(c4ccccc4Br)C3=O)sc2c1. The van der Waals surface area contributed by atoms with Crippen molar-refractivity contribution >= 4 is 71.7 Å². The van der Waals surface area contributed by atoms with Crippen molar-refractivity contribution in [1.82, 2.24) is 4.98 Å². The fourth-order valence-electron chi connectivity index (χ4n) is 3.28. The Balaban J connectivity index is 1.49. The molecule has 1 aliphatic rings. The molecule has 1 aliphatic heterocycles. The zero-order chi connectivity index (χ0) is 20.5. The number of rotatable bonds is 4. The van der Waals surface area contributed by atoms with Crippen molar-refractivity contribution < 1.29 is 14.4 Å². The average Bonchev–Trinajstić information content (AvgIpc) is 3.24. The Morgan fingerprint density at radius 1 is 1.21 bits per heavy atom. The van der Waals surface area contributed by atoms with Crippen LogP contribution in [-0.4, -0.2) is 29.3 Å². The summed E-state index contributed by atoms with van der Waals surface area (Å²) in [6, 6.07) is 12.8. The largest absolute Gasteiger partial charge is 0.326 e. The van der Waals surface area contributed by atoms with Gasteiger partial charge in [-0.15, -0.1) is 0 Å². The van der Waals surface area contributed by atoms with Crippen molar-refractivity contribution in [2.75, 3.05) is 22.1 Å². The van der Waals surface area contributed by atoms with Crippen LogP contribution < -0.4 is 15.5 Å². The molecule has 3 amide bonds. The molecule has 9 heteroatoms. The number of benzene rings is 2. The van der Waals surface area contributed by atoms with E-state index in [0.29, 0.717) is 29.3 Å². The number of halogens is 1. The summed E-state index contributed by atoms with van der Waals surface area (Å²) in [5.74, 6) is -1.48. The predicted molar refractivity (Wildman–Crippen MR) is 117 cm³/mol. The number of nitrogens with zero attached hydrogens (tertiary/aromatic N) is 2. The number of para-hydroxylation sites is 1. The first-order valence-corrected chi connectivity index (χ1v) is 10.6. The fraction of sp³-hybridized carbons (Fsp3) is 0.200. The van der Waals surface area contributed by atoms with Gasteiger partial charge in [0.1, 0.15) is 5.92 Å². The first-order chi connectivity index (χ1) is 13.9. The molecule has 1 atom stereocenters. The van der Waals surface area contributed by atoms with Crippen LogP contribution in [0.15, 0.2) is 46.9 Å². The molecule has 1 aromatic heterocycles. The first-order valence-electron chi connectivity index (χ1n) is 8.97. The van der Waals surface area contributed by atoms with Crippen LogP contribution in [0.3, 0.4) is 0 Å². The number of thiazole rings is 1. The minimum absolute atomic E-state index is 0.156. The van der Waals surface area contributed by atoms with Gasteiger partial charge < -0.3 is 15.5 Å². The first kappa shape index (κ1) is 19.5. The van der Waals surface area contributed by atoms with Gasteiger partial charge in [0.05, 0.1) is 15.9 Å². The van der Waals surface area contributed by atoms with E-state index >= 15 is 0 Å². The van der Waals surface area contributed by atoms with Gasteiger partial charge in [-0.3, -0.25) is 14.4 Å². The van der Waals surface area contributed by atoms with E-state index in [4.69, 9.17) is 0 Å². The van der Waals surface area contributed by atoms with Gasteiger partial charge in [-0.1, -0.05) is 23.5 Å². The quantitative estimate of drug-likeness (QED) is 0.561. The van der Waals surface area contributed by atoms with E-state index < -0.39 is 5.92 Å². The third-order valence-electron chi connectivity index (χ3n) is 4.60.